The van der Waals surface area contributed by atoms with Crippen molar-refractivity contribution >= 4 is 11.6 Å². The topological polar surface area (TPSA) is 170 Å². The number of methoxy groups -OCH3 is 1. The second-order valence-corrected chi connectivity index (χ2v) is 19.9. The maximum Gasteiger partial charge on any atom is 0.161 e. The molecule has 0 bridgehead atoms. The van der Waals surface area contributed by atoms with Gasteiger partial charge in [0.15, 0.2) is 11.5 Å². The highest BCUT2D eigenvalue weighted by Gasteiger charge is 2.41. The minimum atomic E-state index is -0.659. The molecule has 68 heavy (non-hydrogen) atoms. The van der Waals surface area contributed by atoms with Crippen molar-refractivity contribution in [2.45, 2.75) is 122 Å². The Hall–Kier alpha value is -5.60. The highest BCUT2D eigenvalue weighted by atomic mass is 16.5. The van der Waals surface area contributed by atoms with Gasteiger partial charge in [0.2, 0.25) is 0 Å². The van der Waals surface area contributed by atoms with Crippen molar-refractivity contribution in [3.05, 3.63) is 142 Å². The zero-order chi connectivity index (χ0) is 48.2. The number of H-pyrrole nitrogens is 1. The van der Waals surface area contributed by atoms with E-state index in [0.29, 0.717) is 63.2 Å². The molecule has 1 aromatic heterocycles. The predicted molar refractivity (Wildman–Crippen MR) is 270 cm³/mol. The van der Waals surface area contributed by atoms with E-state index in [1.807, 2.05) is 54.7 Å². The Balaban J connectivity index is 1.29. The van der Waals surface area contributed by atoms with E-state index >= 15 is 0 Å². The maximum absolute atomic E-state index is 14.9. The fourth-order valence-electron chi connectivity index (χ4n) is 11.2. The van der Waals surface area contributed by atoms with Crippen LogP contribution in [-0.4, -0.2) is 70.8 Å². The lowest BCUT2D eigenvalue weighted by atomic mass is 9.73. The number of rotatable bonds is 18. The molecule has 4 aromatic rings. The number of aromatic amines is 1. The molecule has 2 heterocycles. The number of benzene rings is 3. The van der Waals surface area contributed by atoms with E-state index in [-0.39, 0.29) is 59.7 Å². The van der Waals surface area contributed by atoms with Crippen molar-refractivity contribution in [3.8, 4) is 23.3 Å². The van der Waals surface area contributed by atoms with Gasteiger partial charge in [0.25, 0.3) is 0 Å². The SMILES string of the molecule is CCC[C@@H]([C@H]1C[C@H](CC2=CCNC(N)=C2)C[C@H]2C#C[C@H](c3ccccc3)c3c(cc(OC)c(O)c3CCc3ccccc3)CCC(=O)CC(=O)[C@@H]2C1)[C@H](O)Cc1cc([C@H](C)CNC[C@H](C)O)c[nH]1. The number of aryl methyl sites for hydroxylation is 2. The molecule has 10 nitrogen and oxygen atoms in total. The van der Waals surface area contributed by atoms with E-state index in [1.54, 1.807) is 14.0 Å². The number of aliphatic hydroxyl groups is 2. The molecule has 8 N–H and O–H groups in total. The van der Waals surface area contributed by atoms with Gasteiger partial charge in [0.1, 0.15) is 11.6 Å². The summed E-state index contributed by atoms with van der Waals surface area (Å²) in [4.78, 5) is 32.5. The van der Waals surface area contributed by atoms with E-state index in [2.05, 4.69) is 77.7 Å². The summed E-state index contributed by atoms with van der Waals surface area (Å²) in [5.41, 5.74) is 14.3. The van der Waals surface area contributed by atoms with Crippen LogP contribution in [0.25, 0.3) is 0 Å². The van der Waals surface area contributed by atoms with Gasteiger partial charge in [-0.25, -0.2) is 0 Å². The Morgan fingerprint density at radius 3 is 2.43 bits per heavy atom. The maximum atomic E-state index is 14.9. The molecule has 9 atom stereocenters. The summed E-state index contributed by atoms with van der Waals surface area (Å²) < 4.78 is 5.78. The third-order valence-electron chi connectivity index (χ3n) is 14.7. The van der Waals surface area contributed by atoms with Gasteiger partial charge < -0.3 is 41.4 Å². The molecule has 0 amide bonds. The summed E-state index contributed by atoms with van der Waals surface area (Å²) in [7, 11) is 1.55. The molecule has 10 heteroatoms. The van der Waals surface area contributed by atoms with Gasteiger partial charge in [-0.3, -0.25) is 9.59 Å². The van der Waals surface area contributed by atoms with Gasteiger partial charge in [-0.05, 0) is 134 Å². The number of allylic oxidation sites excluding steroid dienone is 2. The van der Waals surface area contributed by atoms with Crippen LogP contribution in [0, 0.1) is 41.4 Å². The minimum Gasteiger partial charge on any atom is -0.504 e. The summed E-state index contributed by atoms with van der Waals surface area (Å²) >= 11 is 0. The van der Waals surface area contributed by atoms with Crippen LogP contribution >= 0.6 is 0 Å². The van der Waals surface area contributed by atoms with Crippen LogP contribution in [0.4, 0.5) is 0 Å². The summed E-state index contributed by atoms with van der Waals surface area (Å²) in [6.45, 7) is 7.99. The van der Waals surface area contributed by atoms with Gasteiger partial charge in [-0.2, -0.15) is 0 Å². The number of aromatic nitrogens is 1. The third-order valence-corrected chi connectivity index (χ3v) is 14.7. The van der Waals surface area contributed by atoms with Gasteiger partial charge in [0.05, 0.1) is 37.5 Å². The number of carbonyl (C=O) groups excluding carboxylic acids is 2. The van der Waals surface area contributed by atoms with E-state index in [1.165, 1.54) is 0 Å². The Bertz CT molecular complexity index is 2430. The average molecular weight is 923 g/mol. The molecule has 0 saturated heterocycles. The fraction of sp³-hybridized carbons (Fsp3) is 0.483. The number of aromatic hydroxyl groups is 1. The summed E-state index contributed by atoms with van der Waals surface area (Å²) in [5.74, 6) is 7.43. The zero-order valence-electron chi connectivity index (χ0n) is 40.6. The number of Topliss-reactive ketones (excluding diaryl/α,β-unsaturated/α-hetero) is 2. The molecule has 3 aromatic carbocycles. The molecule has 2 aliphatic carbocycles. The number of carbonyl (C=O) groups is 2. The molecule has 3 aliphatic rings. The Morgan fingerprint density at radius 2 is 1.71 bits per heavy atom. The number of phenols is 1. The van der Waals surface area contributed by atoms with Crippen LogP contribution in [0.15, 0.2) is 103 Å². The zero-order valence-corrected chi connectivity index (χ0v) is 40.6. The first-order chi connectivity index (χ1) is 32.9. The van der Waals surface area contributed by atoms with Gasteiger partial charge >= 0.3 is 0 Å². The molecule has 7 rings (SSSR count). The number of ketones is 2. The quantitative estimate of drug-likeness (QED) is 0.0382. The van der Waals surface area contributed by atoms with Gasteiger partial charge in [-0.15, -0.1) is 0 Å². The summed E-state index contributed by atoms with van der Waals surface area (Å²) in [5, 5.41) is 40.6. The number of phenolic OH excluding ortho intramolecular Hbond substituents is 1. The van der Waals surface area contributed by atoms with E-state index in [4.69, 9.17) is 10.5 Å². The fourth-order valence-corrected chi connectivity index (χ4v) is 11.2. The summed E-state index contributed by atoms with van der Waals surface area (Å²) in [6.07, 6.45) is 11.6. The van der Waals surface area contributed by atoms with Crippen LogP contribution < -0.4 is 21.1 Å². The molecule has 362 valence electrons. The van der Waals surface area contributed by atoms with Crippen molar-refractivity contribution in [1.29, 1.82) is 0 Å². The highest BCUT2D eigenvalue weighted by Crippen LogP contribution is 2.46. The van der Waals surface area contributed by atoms with E-state index in [9.17, 15) is 24.9 Å². The Morgan fingerprint density at radius 1 is 0.941 bits per heavy atom. The molecule has 1 saturated carbocycles. The van der Waals surface area contributed by atoms with Crippen molar-refractivity contribution in [2.75, 3.05) is 26.7 Å². The van der Waals surface area contributed by atoms with Crippen LogP contribution in [0.5, 0.6) is 11.5 Å². The standard InChI is InChI=1S/C58H74N4O6/c1-5-12-49(53(65)32-47-29-46(36-62-47)37(2)34-60-35-38(3)63)45-27-41(25-40-23-24-61-56(59)28-40)26-43-19-22-50(42-15-10-7-11-16-42)57-44(18-20-48(64)33-54(66)52(43)30-45)31-55(68-4)58(67)51(57)21-17-39-13-8-6-9-14-39/h6-11,13-16,23,28-29,31,36-38,41,43,45,49-50,52-53,60-63,65,67H,5,12,17-18,20-21,24-27,30,32-35,59H2,1-4H3/t37-,38+,41-,43-,45+,49+,50-,52-,53-/m1/s1. The van der Waals surface area contributed by atoms with Gasteiger partial charge in [0, 0.05) is 61.8 Å². The minimum absolute atomic E-state index is 0.0000232. The predicted octanol–water partition coefficient (Wildman–Crippen LogP) is 8.59. The van der Waals surface area contributed by atoms with E-state index < -0.39 is 24.0 Å². The molecular formula is C58H74N4O6. The van der Waals surface area contributed by atoms with Crippen LogP contribution in [0.3, 0.4) is 0 Å². The number of hydrogen-bond acceptors (Lipinski definition) is 9. The third kappa shape index (κ3) is 13.1. The first kappa shape index (κ1) is 50.3. The molecule has 1 aliphatic heterocycles. The second kappa shape index (κ2) is 24.1. The Labute approximate surface area is 404 Å². The van der Waals surface area contributed by atoms with Crippen molar-refractivity contribution < 1.29 is 29.6 Å². The van der Waals surface area contributed by atoms with Crippen molar-refractivity contribution in [2.24, 2.45) is 35.3 Å². The van der Waals surface area contributed by atoms with Crippen molar-refractivity contribution in [3.63, 3.8) is 0 Å². The number of fused-ring (bicyclic) bond motifs is 2. The Kier molecular flexibility index (Phi) is 17.8. The number of dihydropyridines is 1. The van der Waals surface area contributed by atoms with Crippen LogP contribution in [0.2, 0.25) is 0 Å². The highest BCUT2D eigenvalue weighted by molar-refractivity contribution is 6.00. The largest absolute Gasteiger partial charge is 0.504 e. The lowest BCUT2D eigenvalue weighted by Crippen LogP contribution is -2.33. The average Bonchev–Trinajstić information content (AvgIpc) is 3.72. The monoisotopic (exact) mass is 923 g/mol. The molecular weight excluding hydrogens is 849 g/mol. The number of aliphatic hydroxyl groups excluding tert-OH is 2. The first-order valence-corrected chi connectivity index (χ1v) is 25.1. The number of hydrogen-bond donors (Lipinski definition) is 7. The van der Waals surface area contributed by atoms with Crippen LogP contribution in [-0.2, 0) is 35.3 Å². The molecule has 0 radical (unpaired) electrons. The van der Waals surface area contributed by atoms with Crippen LogP contribution in [0.1, 0.15) is 123 Å². The van der Waals surface area contributed by atoms with Crippen molar-refractivity contribution in [1.82, 2.24) is 15.6 Å². The normalized spacial score (nSPS) is 22.8. The molecule has 0 unspecified atom stereocenters. The number of ether oxygens (including phenoxy) is 1. The summed E-state index contributed by atoms with van der Waals surface area (Å²) in [6, 6.07) is 24.4. The molecule has 0 spiro atoms. The van der Waals surface area contributed by atoms with E-state index in [0.717, 1.165) is 76.9 Å². The lowest BCUT2D eigenvalue weighted by Gasteiger charge is -2.33. The molecule has 1 fully saturated rings. The second-order valence-electron chi connectivity index (χ2n) is 19.9. The van der Waals surface area contributed by atoms with Gasteiger partial charge in [-0.1, -0.05) is 98.8 Å². The first-order valence-electron chi connectivity index (χ1n) is 25.1. The number of nitrogens with one attached hydrogen (secondary N) is 3. The smallest absolute Gasteiger partial charge is 0.161 e. The lowest BCUT2D eigenvalue weighted by molar-refractivity contribution is -0.130. The number of nitrogens with two attached hydrogens (primary N) is 1.